The largest absolute Gasteiger partial charge is 0.280 e. The van der Waals surface area contributed by atoms with Crippen LogP contribution in [0.25, 0.3) is 0 Å². The fourth-order valence-electron chi connectivity index (χ4n) is 2.15. The molecular weight excluding hydrogens is 324 g/mol. The molecule has 8 nitrogen and oxygen atoms in total. The van der Waals surface area contributed by atoms with Crippen LogP contribution in [0.2, 0.25) is 0 Å². The van der Waals surface area contributed by atoms with Crippen molar-refractivity contribution in [1.29, 1.82) is 0 Å². The smallest absolute Gasteiger partial charge is 0.258 e. The molecule has 0 heterocycles. The molecule has 0 N–H and O–H groups in total. The number of hydrogen-bond donors (Lipinski definition) is 0. The maximum absolute atomic E-state index is 12.5. The lowest BCUT2D eigenvalue weighted by molar-refractivity contribution is -0.394. The summed E-state index contributed by atoms with van der Waals surface area (Å²) in [5.41, 5.74) is -0.850. The summed E-state index contributed by atoms with van der Waals surface area (Å²) in [5.74, 6) is -0.396. The second kappa shape index (κ2) is 6.13. The Labute approximate surface area is 131 Å². The van der Waals surface area contributed by atoms with E-state index in [1.54, 1.807) is 30.3 Å². The Morgan fingerprint density at radius 1 is 1.00 bits per heavy atom. The van der Waals surface area contributed by atoms with Crippen LogP contribution in [0.3, 0.4) is 0 Å². The summed E-state index contributed by atoms with van der Waals surface area (Å²) in [7, 11) is -3.96. The van der Waals surface area contributed by atoms with Gasteiger partial charge in [0.15, 0.2) is 9.84 Å². The average molecular weight is 336 g/mol. The van der Waals surface area contributed by atoms with Gasteiger partial charge < -0.3 is 0 Å². The van der Waals surface area contributed by atoms with Crippen LogP contribution in [0.15, 0.2) is 47.4 Å². The molecule has 0 spiro atoms. The van der Waals surface area contributed by atoms with E-state index in [0.717, 1.165) is 12.1 Å². The van der Waals surface area contributed by atoms with Gasteiger partial charge in [-0.05, 0) is 12.5 Å². The molecule has 120 valence electrons. The molecule has 0 atom stereocenters. The summed E-state index contributed by atoms with van der Waals surface area (Å²) in [6.45, 7) is 1.26. The Balaban J connectivity index is 2.61. The van der Waals surface area contributed by atoms with Gasteiger partial charge in [-0.25, -0.2) is 8.42 Å². The first kappa shape index (κ1) is 16.6. The number of benzene rings is 2. The van der Waals surface area contributed by atoms with Crippen molar-refractivity contribution in [2.75, 3.05) is 0 Å². The minimum absolute atomic E-state index is 0.114. The third-order valence-corrected chi connectivity index (χ3v) is 5.07. The first-order valence-corrected chi connectivity index (χ1v) is 8.07. The molecule has 0 aliphatic heterocycles. The zero-order valence-corrected chi connectivity index (χ0v) is 12.8. The predicted octanol–water partition coefficient (Wildman–Crippen LogP) is 2.79. The molecule has 0 saturated carbocycles. The fourth-order valence-corrected chi connectivity index (χ4v) is 3.81. The zero-order chi connectivity index (χ0) is 17.2. The quantitative estimate of drug-likeness (QED) is 0.611. The molecule has 2 rings (SSSR count). The summed E-state index contributed by atoms with van der Waals surface area (Å²) < 4.78 is 25.1. The van der Waals surface area contributed by atoms with Crippen molar-refractivity contribution in [2.45, 2.75) is 17.6 Å². The zero-order valence-electron chi connectivity index (χ0n) is 12.0. The minimum atomic E-state index is -3.96. The van der Waals surface area contributed by atoms with Crippen LogP contribution in [-0.4, -0.2) is 18.3 Å². The molecular formula is C14H12N2O6S. The summed E-state index contributed by atoms with van der Waals surface area (Å²) >= 11 is 0. The van der Waals surface area contributed by atoms with Crippen molar-refractivity contribution in [3.8, 4) is 0 Å². The van der Waals surface area contributed by atoms with Crippen molar-refractivity contribution in [1.82, 2.24) is 0 Å². The van der Waals surface area contributed by atoms with E-state index in [-0.39, 0.29) is 5.56 Å². The minimum Gasteiger partial charge on any atom is -0.258 e. The van der Waals surface area contributed by atoms with Crippen LogP contribution in [0.5, 0.6) is 0 Å². The Morgan fingerprint density at radius 3 is 2.13 bits per heavy atom. The number of rotatable bonds is 5. The number of non-ortho nitro benzene ring substituents is 1. The van der Waals surface area contributed by atoms with E-state index in [1.165, 1.54) is 6.92 Å². The number of hydrogen-bond acceptors (Lipinski definition) is 6. The molecule has 23 heavy (non-hydrogen) atoms. The van der Waals surface area contributed by atoms with Crippen molar-refractivity contribution in [3.05, 3.63) is 73.8 Å². The van der Waals surface area contributed by atoms with Gasteiger partial charge in [-0.15, -0.1) is 0 Å². The van der Waals surface area contributed by atoms with Crippen molar-refractivity contribution >= 4 is 21.2 Å². The lowest BCUT2D eigenvalue weighted by Gasteiger charge is -2.08. The first-order chi connectivity index (χ1) is 10.7. The van der Waals surface area contributed by atoms with Gasteiger partial charge >= 0.3 is 0 Å². The number of nitro groups is 2. The van der Waals surface area contributed by atoms with Gasteiger partial charge in [-0.1, -0.05) is 30.3 Å². The lowest BCUT2D eigenvalue weighted by Crippen LogP contribution is -2.09. The summed E-state index contributed by atoms with van der Waals surface area (Å²) in [4.78, 5) is 19.9. The SMILES string of the molecule is Cc1c([N+](=O)[O-])cc([N+](=O)[O-])cc1S(=O)(=O)Cc1ccccc1. The van der Waals surface area contributed by atoms with Crippen LogP contribution >= 0.6 is 0 Å². The third-order valence-electron chi connectivity index (χ3n) is 3.26. The molecule has 0 radical (unpaired) electrons. The van der Waals surface area contributed by atoms with Crippen molar-refractivity contribution < 1.29 is 18.3 Å². The van der Waals surface area contributed by atoms with E-state index >= 15 is 0 Å². The molecule has 0 bridgehead atoms. The summed E-state index contributed by atoms with van der Waals surface area (Å²) in [5, 5.41) is 21.9. The van der Waals surface area contributed by atoms with Crippen molar-refractivity contribution in [3.63, 3.8) is 0 Å². The van der Waals surface area contributed by atoms with Crippen LogP contribution in [0.4, 0.5) is 11.4 Å². The molecule has 0 aromatic heterocycles. The average Bonchev–Trinajstić information content (AvgIpc) is 2.47. The van der Waals surface area contributed by atoms with E-state index in [2.05, 4.69) is 0 Å². The number of nitrogens with zero attached hydrogens (tertiary/aromatic N) is 2. The molecule has 0 fully saturated rings. The second-order valence-electron chi connectivity index (χ2n) is 4.85. The summed E-state index contributed by atoms with van der Waals surface area (Å²) in [6, 6.07) is 9.86. The highest BCUT2D eigenvalue weighted by atomic mass is 32.2. The molecule has 0 amide bonds. The van der Waals surface area contributed by atoms with E-state index in [9.17, 15) is 28.6 Å². The second-order valence-corrected chi connectivity index (χ2v) is 6.80. The Kier molecular flexibility index (Phi) is 4.41. The highest BCUT2D eigenvalue weighted by Crippen LogP contribution is 2.32. The van der Waals surface area contributed by atoms with Crippen LogP contribution in [0, 0.1) is 27.2 Å². The van der Waals surface area contributed by atoms with Gasteiger partial charge in [0.25, 0.3) is 11.4 Å². The molecule has 2 aromatic rings. The predicted molar refractivity (Wildman–Crippen MR) is 81.8 cm³/mol. The fraction of sp³-hybridized carbons (Fsp3) is 0.143. The highest BCUT2D eigenvalue weighted by molar-refractivity contribution is 7.90. The summed E-state index contributed by atoms with van der Waals surface area (Å²) in [6.07, 6.45) is 0. The lowest BCUT2D eigenvalue weighted by atomic mass is 10.2. The van der Waals surface area contributed by atoms with E-state index in [4.69, 9.17) is 0 Å². The molecule has 0 saturated heterocycles. The topological polar surface area (TPSA) is 120 Å². The molecule has 0 aliphatic rings. The molecule has 0 aliphatic carbocycles. The van der Waals surface area contributed by atoms with Gasteiger partial charge in [0, 0.05) is 11.6 Å². The standard InChI is InChI=1S/C14H12N2O6S/c1-10-13(16(19)20)7-12(15(17)18)8-14(10)23(21,22)9-11-5-3-2-4-6-11/h2-8H,9H2,1H3. The molecule has 9 heteroatoms. The third kappa shape index (κ3) is 3.51. The maximum Gasteiger partial charge on any atom is 0.280 e. The highest BCUT2D eigenvalue weighted by Gasteiger charge is 2.28. The van der Waals surface area contributed by atoms with E-state index in [1.807, 2.05) is 0 Å². The monoisotopic (exact) mass is 336 g/mol. The van der Waals surface area contributed by atoms with Crippen LogP contribution in [-0.2, 0) is 15.6 Å². The van der Waals surface area contributed by atoms with Gasteiger partial charge in [0.2, 0.25) is 0 Å². The van der Waals surface area contributed by atoms with Gasteiger partial charge in [0.05, 0.1) is 26.6 Å². The van der Waals surface area contributed by atoms with Crippen molar-refractivity contribution in [2.24, 2.45) is 0 Å². The maximum atomic E-state index is 12.5. The Bertz CT molecular complexity index is 878. The Hall–Kier alpha value is -2.81. The van der Waals surface area contributed by atoms with Gasteiger partial charge in [0.1, 0.15) is 0 Å². The van der Waals surface area contributed by atoms with Gasteiger partial charge in [-0.3, -0.25) is 20.2 Å². The van der Waals surface area contributed by atoms with E-state index < -0.39 is 41.7 Å². The normalized spacial score (nSPS) is 11.2. The first-order valence-electron chi connectivity index (χ1n) is 6.42. The van der Waals surface area contributed by atoms with Crippen LogP contribution < -0.4 is 0 Å². The number of sulfone groups is 1. The van der Waals surface area contributed by atoms with E-state index in [0.29, 0.717) is 5.56 Å². The number of nitro benzene ring substituents is 2. The molecule has 2 aromatic carbocycles. The van der Waals surface area contributed by atoms with Gasteiger partial charge in [-0.2, -0.15) is 0 Å². The molecule has 0 unspecified atom stereocenters. The Morgan fingerprint density at radius 2 is 1.61 bits per heavy atom. The van der Waals surface area contributed by atoms with Crippen LogP contribution in [0.1, 0.15) is 11.1 Å².